The zero-order chi connectivity index (χ0) is 29.8. The highest BCUT2D eigenvalue weighted by atomic mass is 35.5. The maximum atomic E-state index is 11.2. The highest BCUT2D eigenvalue weighted by Gasteiger charge is 2.55. The highest BCUT2D eigenvalue weighted by Crippen LogP contribution is 2.64. The molecule has 3 fully saturated rings. The van der Waals surface area contributed by atoms with Gasteiger partial charge in [0.05, 0.1) is 32.6 Å². The van der Waals surface area contributed by atoms with Crippen LogP contribution in [-0.2, 0) is 14.9 Å². The van der Waals surface area contributed by atoms with Crippen molar-refractivity contribution in [3.63, 3.8) is 0 Å². The summed E-state index contributed by atoms with van der Waals surface area (Å²) in [5.41, 5.74) is 9.32. The van der Waals surface area contributed by atoms with Crippen molar-refractivity contribution in [1.82, 2.24) is 9.88 Å². The van der Waals surface area contributed by atoms with E-state index in [0.29, 0.717) is 31.5 Å². The Bertz CT molecular complexity index is 1530. The zero-order valence-corrected chi connectivity index (χ0v) is 26.3. The Morgan fingerprint density at radius 3 is 2.74 bits per heavy atom. The number of methoxy groups -OCH3 is 1. The third-order valence-electron chi connectivity index (χ3n) is 9.31. The first-order valence-corrected chi connectivity index (χ1v) is 15.6. The highest BCUT2D eigenvalue weighted by molar-refractivity contribution is 6.32. The van der Waals surface area contributed by atoms with E-state index in [4.69, 9.17) is 31.1 Å². The number of benzene rings is 1. The largest absolute Gasteiger partial charge is 0.481 e. The second-order valence-electron chi connectivity index (χ2n) is 12.6. The zero-order valence-electron chi connectivity index (χ0n) is 25.5. The predicted molar refractivity (Wildman–Crippen MR) is 171 cm³/mol. The van der Waals surface area contributed by atoms with Crippen LogP contribution in [0.25, 0.3) is 22.9 Å². The van der Waals surface area contributed by atoms with Gasteiger partial charge in [0.15, 0.2) is 0 Å². The van der Waals surface area contributed by atoms with E-state index >= 15 is 0 Å². The van der Waals surface area contributed by atoms with E-state index < -0.39 is 5.60 Å². The van der Waals surface area contributed by atoms with E-state index in [-0.39, 0.29) is 12.0 Å². The molecule has 1 atom stereocenters. The first kappa shape index (κ1) is 29.2. The first-order valence-electron chi connectivity index (χ1n) is 15.2. The van der Waals surface area contributed by atoms with E-state index in [1.165, 1.54) is 16.7 Å². The van der Waals surface area contributed by atoms with Crippen LogP contribution in [0.15, 0.2) is 47.4 Å². The molecule has 3 aliphatic carbocycles. The lowest BCUT2D eigenvalue weighted by Gasteiger charge is -2.31. The standard InChI is InChI=1S/C35H42ClN3O3/c1-7-9-27(41-6)38-33(39-16-17-42-20-34(5,40)19-39)28-22(4)35(13-14-35)31-25(28)12-15-37-32(31)30-24(8-2)21(3)18-26(36)29(30)23-10-11-23/h8-9,12,15,18,23,40H,2,7,10-11,13-14,16-17,19-20H2,1,3-6H3/b27-9-,38-33+. The molecule has 1 N–H and O–H groups in total. The first-order chi connectivity index (χ1) is 20.2. The molecular formula is C35H42ClN3O3. The smallest absolute Gasteiger partial charge is 0.210 e. The predicted octanol–water partition coefficient (Wildman–Crippen LogP) is 7.43. The summed E-state index contributed by atoms with van der Waals surface area (Å²) in [5, 5.41) is 12.0. The fourth-order valence-corrected chi connectivity index (χ4v) is 7.44. The van der Waals surface area contributed by atoms with Gasteiger partial charge in [-0.1, -0.05) is 36.8 Å². The van der Waals surface area contributed by atoms with Crippen LogP contribution in [0.1, 0.15) is 86.6 Å². The topological polar surface area (TPSA) is 67.2 Å². The Labute approximate surface area is 254 Å². The molecule has 2 aromatic rings. The number of aromatic nitrogens is 1. The number of amidine groups is 1. The molecule has 6 rings (SSSR count). The van der Waals surface area contributed by atoms with Crippen molar-refractivity contribution in [3.8, 4) is 11.3 Å². The molecule has 42 heavy (non-hydrogen) atoms. The quantitative estimate of drug-likeness (QED) is 0.207. The number of halogens is 1. The second-order valence-corrected chi connectivity index (χ2v) is 13.0. The average Bonchev–Trinajstić information content (AvgIpc) is 3.87. The summed E-state index contributed by atoms with van der Waals surface area (Å²) in [6.07, 6.45) is 11.1. The van der Waals surface area contributed by atoms with Crippen LogP contribution in [0.3, 0.4) is 0 Å². The molecule has 1 aliphatic heterocycles. The van der Waals surface area contributed by atoms with Crippen LogP contribution in [0, 0.1) is 6.92 Å². The normalized spacial score (nSPS) is 23.7. The van der Waals surface area contributed by atoms with Gasteiger partial charge in [0.2, 0.25) is 5.88 Å². The number of pyridine rings is 1. The van der Waals surface area contributed by atoms with Gasteiger partial charge in [0.1, 0.15) is 11.4 Å². The van der Waals surface area contributed by atoms with Crippen molar-refractivity contribution < 1.29 is 14.6 Å². The minimum atomic E-state index is -1.01. The molecule has 2 saturated carbocycles. The number of aliphatic hydroxyl groups is 1. The summed E-state index contributed by atoms with van der Waals surface area (Å²) in [6, 6.07) is 4.23. The molecule has 0 bridgehead atoms. The third-order valence-corrected chi connectivity index (χ3v) is 9.62. The van der Waals surface area contributed by atoms with Gasteiger partial charge in [-0.05, 0) is 105 Å². The van der Waals surface area contributed by atoms with Gasteiger partial charge in [-0.3, -0.25) is 4.98 Å². The Morgan fingerprint density at radius 2 is 2.10 bits per heavy atom. The maximum Gasteiger partial charge on any atom is 0.210 e. The number of ether oxygens (including phenoxy) is 2. The number of allylic oxidation sites excluding steroid dienone is 2. The summed E-state index contributed by atoms with van der Waals surface area (Å²) in [7, 11) is 1.66. The van der Waals surface area contributed by atoms with Crippen molar-refractivity contribution >= 4 is 29.1 Å². The minimum Gasteiger partial charge on any atom is -0.481 e. The van der Waals surface area contributed by atoms with Gasteiger partial charge in [0.25, 0.3) is 0 Å². The van der Waals surface area contributed by atoms with Crippen LogP contribution in [-0.4, -0.2) is 59.8 Å². The van der Waals surface area contributed by atoms with Gasteiger partial charge in [-0.25, -0.2) is 0 Å². The maximum absolute atomic E-state index is 11.2. The molecule has 0 amide bonds. The number of fused-ring (bicyclic) bond motifs is 2. The van der Waals surface area contributed by atoms with Crippen molar-refractivity contribution in [2.45, 2.75) is 76.7 Å². The van der Waals surface area contributed by atoms with E-state index in [1.807, 2.05) is 25.3 Å². The molecular weight excluding hydrogens is 546 g/mol. The summed E-state index contributed by atoms with van der Waals surface area (Å²) in [4.78, 5) is 12.5. The molecule has 6 nitrogen and oxygen atoms in total. The summed E-state index contributed by atoms with van der Waals surface area (Å²) in [6.45, 7) is 14.3. The average molecular weight is 588 g/mol. The lowest BCUT2D eigenvalue weighted by molar-refractivity contribution is -0.0179. The minimum absolute atomic E-state index is 0.100. The van der Waals surface area contributed by atoms with Crippen LogP contribution in [0.2, 0.25) is 5.02 Å². The van der Waals surface area contributed by atoms with E-state index in [2.05, 4.69) is 44.4 Å². The number of aryl methyl sites for hydroxylation is 1. The number of aliphatic imine (C=N–C) groups is 1. The van der Waals surface area contributed by atoms with Crippen LogP contribution < -0.4 is 0 Å². The molecule has 222 valence electrons. The number of rotatable bonds is 7. The van der Waals surface area contributed by atoms with Crippen LogP contribution in [0.4, 0.5) is 0 Å². The summed E-state index contributed by atoms with van der Waals surface area (Å²) < 4.78 is 11.5. The number of nitrogens with zero attached hydrogens (tertiary/aromatic N) is 3. The van der Waals surface area contributed by atoms with Crippen molar-refractivity contribution in [3.05, 3.63) is 75.3 Å². The Hall–Kier alpha value is -2.93. The lowest BCUT2D eigenvalue weighted by Crippen LogP contribution is -2.44. The summed E-state index contributed by atoms with van der Waals surface area (Å²) >= 11 is 6.99. The van der Waals surface area contributed by atoms with E-state index in [0.717, 1.165) is 76.5 Å². The van der Waals surface area contributed by atoms with Crippen molar-refractivity contribution in [2.24, 2.45) is 4.99 Å². The van der Waals surface area contributed by atoms with Crippen LogP contribution >= 0.6 is 11.6 Å². The molecule has 1 spiro atoms. The molecule has 4 aliphatic rings. The fourth-order valence-electron chi connectivity index (χ4n) is 7.03. The molecule has 2 heterocycles. The van der Waals surface area contributed by atoms with E-state index in [1.54, 1.807) is 7.11 Å². The van der Waals surface area contributed by atoms with Gasteiger partial charge in [-0.15, -0.1) is 0 Å². The number of hydrogen-bond donors (Lipinski definition) is 1. The number of hydrogen-bond acceptors (Lipinski definition) is 5. The Balaban J connectivity index is 1.60. The van der Waals surface area contributed by atoms with Gasteiger partial charge < -0.3 is 19.5 Å². The van der Waals surface area contributed by atoms with Gasteiger partial charge in [-0.2, -0.15) is 4.99 Å². The van der Waals surface area contributed by atoms with Gasteiger partial charge in [0, 0.05) is 34.3 Å². The summed E-state index contributed by atoms with van der Waals surface area (Å²) in [5.74, 6) is 1.84. The second kappa shape index (κ2) is 11.0. The lowest BCUT2D eigenvalue weighted by atomic mass is 9.84. The van der Waals surface area contributed by atoms with Crippen molar-refractivity contribution in [2.75, 3.05) is 33.4 Å². The van der Waals surface area contributed by atoms with Gasteiger partial charge >= 0.3 is 0 Å². The molecule has 1 unspecified atom stereocenters. The molecule has 1 aromatic carbocycles. The number of β-amino-alcohol motifs (C(OH)–C–C–N with tert-alkyl or cyclic N) is 1. The monoisotopic (exact) mass is 587 g/mol. The Morgan fingerprint density at radius 1 is 1.33 bits per heavy atom. The fraction of sp³-hybridized carbons (Fsp3) is 0.486. The van der Waals surface area contributed by atoms with E-state index in [9.17, 15) is 5.11 Å². The SMILES string of the molecule is C=Cc1c(C)cc(Cl)c(C2CC2)c1-c1nccc2c1C1(CC1)C(C)=C2/C(=N\C(=C\CC)OC)N1CCOCC(C)(O)C1. The van der Waals surface area contributed by atoms with Crippen LogP contribution in [0.5, 0.6) is 0 Å². The Kier molecular flexibility index (Phi) is 7.61. The molecule has 1 saturated heterocycles. The third kappa shape index (κ3) is 4.91. The molecule has 0 radical (unpaired) electrons. The molecule has 7 heteroatoms. The van der Waals surface area contributed by atoms with Crippen molar-refractivity contribution in [1.29, 1.82) is 0 Å². The molecule has 1 aromatic heterocycles.